The first-order valence-electron chi connectivity index (χ1n) is 12.4. The van der Waals surface area contributed by atoms with Gasteiger partial charge in [0.1, 0.15) is 11.2 Å². The monoisotopic (exact) mass is 477 g/mol. The summed E-state index contributed by atoms with van der Waals surface area (Å²) in [6, 6.07) is 9.38. The number of aromatic nitrogens is 1. The van der Waals surface area contributed by atoms with E-state index < -0.39 is 5.54 Å². The van der Waals surface area contributed by atoms with Gasteiger partial charge >= 0.3 is 0 Å². The van der Waals surface area contributed by atoms with Gasteiger partial charge in [-0.15, -0.1) is 0 Å². The van der Waals surface area contributed by atoms with Crippen molar-refractivity contribution in [2.75, 3.05) is 6.79 Å². The molecule has 184 valence electrons. The SMILES string of the molecule is CC1CCCC(NC(=O)C2(C)Cn3c(cc4occc43)C(=O)N2Cc2ccc3c(c2)OCO3)C1C. The summed E-state index contributed by atoms with van der Waals surface area (Å²) in [7, 11) is 0. The molecule has 4 heterocycles. The van der Waals surface area contributed by atoms with Crippen molar-refractivity contribution < 1.29 is 23.5 Å². The lowest BCUT2D eigenvalue weighted by atomic mass is 9.77. The molecule has 0 spiro atoms. The minimum Gasteiger partial charge on any atom is -0.463 e. The number of carbonyl (C=O) groups excluding carboxylic acids is 2. The zero-order valence-corrected chi connectivity index (χ0v) is 20.4. The number of hydrogen-bond acceptors (Lipinski definition) is 5. The summed E-state index contributed by atoms with van der Waals surface area (Å²) in [5.41, 5.74) is 1.81. The maximum absolute atomic E-state index is 14.0. The molecule has 1 N–H and O–H groups in total. The molecule has 4 unspecified atom stereocenters. The number of nitrogens with one attached hydrogen (secondary N) is 1. The number of rotatable bonds is 4. The third-order valence-corrected chi connectivity index (χ3v) is 8.34. The normalized spacial score (nSPS) is 27.8. The highest BCUT2D eigenvalue weighted by Gasteiger charge is 2.49. The molecule has 2 aromatic heterocycles. The quantitative estimate of drug-likeness (QED) is 0.605. The molecule has 3 aromatic rings. The lowest BCUT2D eigenvalue weighted by molar-refractivity contribution is -0.134. The predicted octanol–water partition coefficient (Wildman–Crippen LogP) is 4.32. The second kappa shape index (κ2) is 8.07. The highest BCUT2D eigenvalue weighted by molar-refractivity contribution is 6.02. The third kappa shape index (κ3) is 3.49. The molecule has 1 fully saturated rings. The van der Waals surface area contributed by atoms with Crippen LogP contribution in [0.1, 0.15) is 56.1 Å². The molecule has 1 aromatic carbocycles. The summed E-state index contributed by atoms with van der Waals surface area (Å²) in [6.07, 6.45) is 4.86. The zero-order valence-electron chi connectivity index (χ0n) is 20.4. The first-order valence-corrected chi connectivity index (χ1v) is 12.4. The Hall–Kier alpha value is -3.42. The van der Waals surface area contributed by atoms with Gasteiger partial charge in [-0.2, -0.15) is 0 Å². The number of benzene rings is 1. The van der Waals surface area contributed by atoms with Crippen molar-refractivity contribution in [2.45, 2.75) is 64.7 Å². The Bertz CT molecular complexity index is 1310. The standard InChI is InChI=1S/C27H31N3O5/c1-16-5-4-6-19(17(16)2)28-26(32)27(3)14-29-20-9-10-33-23(20)12-21(29)25(31)30(27)13-18-7-8-22-24(11-18)35-15-34-22/h7-12,16-17,19H,4-6,13-15H2,1-3H3,(H,28,32). The van der Waals surface area contributed by atoms with E-state index in [2.05, 4.69) is 19.2 Å². The second-order valence-electron chi connectivity index (χ2n) is 10.5. The maximum Gasteiger partial charge on any atom is 0.271 e. The Balaban J connectivity index is 1.37. The van der Waals surface area contributed by atoms with Crippen LogP contribution >= 0.6 is 0 Å². The van der Waals surface area contributed by atoms with Crippen LogP contribution in [0.4, 0.5) is 0 Å². The predicted molar refractivity (Wildman–Crippen MR) is 129 cm³/mol. The summed E-state index contributed by atoms with van der Waals surface area (Å²) < 4.78 is 18.5. The van der Waals surface area contributed by atoms with Gasteiger partial charge in [0, 0.05) is 24.7 Å². The topological polar surface area (TPSA) is 85.9 Å². The smallest absolute Gasteiger partial charge is 0.271 e. The molecule has 8 nitrogen and oxygen atoms in total. The molecule has 2 amide bonds. The highest BCUT2D eigenvalue weighted by Crippen LogP contribution is 2.37. The van der Waals surface area contributed by atoms with Crippen molar-refractivity contribution >= 4 is 22.9 Å². The van der Waals surface area contributed by atoms with E-state index in [1.807, 2.05) is 35.8 Å². The number of carbonyl (C=O) groups is 2. The minimum absolute atomic E-state index is 0.102. The first-order chi connectivity index (χ1) is 16.8. The van der Waals surface area contributed by atoms with E-state index in [0.717, 1.165) is 23.9 Å². The Labute approximate surface area is 204 Å². The van der Waals surface area contributed by atoms with E-state index in [0.29, 0.717) is 41.2 Å². The van der Waals surface area contributed by atoms with Crippen molar-refractivity contribution in [3.63, 3.8) is 0 Å². The highest BCUT2D eigenvalue weighted by atomic mass is 16.7. The van der Waals surface area contributed by atoms with Crippen LogP contribution in [0.3, 0.4) is 0 Å². The van der Waals surface area contributed by atoms with Crippen molar-refractivity contribution in [1.29, 1.82) is 0 Å². The lowest BCUT2D eigenvalue weighted by Crippen LogP contribution is -2.65. The fraction of sp³-hybridized carbons (Fsp3) is 0.481. The number of fused-ring (bicyclic) bond motifs is 4. The van der Waals surface area contributed by atoms with Crippen LogP contribution < -0.4 is 14.8 Å². The molecule has 3 aliphatic rings. The van der Waals surface area contributed by atoms with Gasteiger partial charge in [-0.05, 0) is 42.9 Å². The minimum atomic E-state index is -1.08. The molecule has 35 heavy (non-hydrogen) atoms. The molecule has 0 radical (unpaired) electrons. The summed E-state index contributed by atoms with van der Waals surface area (Å²) in [6.45, 7) is 7.16. The number of hydrogen-bond donors (Lipinski definition) is 1. The maximum atomic E-state index is 14.0. The molecular weight excluding hydrogens is 446 g/mol. The van der Waals surface area contributed by atoms with E-state index in [1.165, 1.54) is 6.42 Å². The van der Waals surface area contributed by atoms with Crippen LogP contribution in [0.2, 0.25) is 0 Å². The molecule has 2 aliphatic heterocycles. The van der Waals surface area contributed by atoms with Crippen molar-refractivity contribution in [1.82, 2.24) is 14.8 Å². The van der Waals surface area contributed by atoms with Crippen LogP contribution in [-0.2, 0) is 17.9 Å². The number of amides is 2. The van der Waals surface area contributed by atoms with E-state index in [-0.39, 0.29) is 31.2 Å². The van der Waals surface area contributed by atoms with Crippen molar-refractivity contribution in [3.05, 3.63) is 47.9 Å². The Morgan fingerprint density at radius 2 is 1.97 bits per heavy atom. The van der Waals surface area contributed by atoms with Crippen molar-refractivity contribution in [2.24, 2.45) is 11.8 Å². The average Bonchev–Trinajstić information content (AvgIpc) is 3.56. The van der Waals surface area contributed by atoms with Gasteiger partial charge in [0.25, 0.3) is 5.91 Å². The fourth-order valence-electron chi connectivity index (χ4n) is 5.85. The molecule has 4 atom stereocenters. The lowest BCUT2D eigenvalue weighted by Gasteiger charge is -2.45. The van der Waals surface area contributed by atoms with E-state index in [1.54, 1.807) is 17.2 Å². The Morgan fingerprint density at radius 1 is 1.14 bits per heavy atom. The molecular formula is C27H31N3O5. The summed E-state index contributed by atoms with van der Waals surface area (Å²) in [5.74, 6) is 1.98. The second-order valence-corrected chi connectivity index (χ2v) is 10.5. The van der Waals surface area contributed by atoms with Gasteiger partial charge in [-0.1, -0.05) is 32.8 Å². The summed E-state index contributed by atoms with van der Waals surface area (Å²) in [5, 5.41) is 3.34. The van der Waals surface area contributed by atoms with E-state index in [4.69, 9.17) is 13.9 Å². The van der Waals surface area contributed by atoms with E-state index >= 15 is 0 Å². The van der Waals surface area contributed by atoms with Gasteiger partial charge < -0.3 is 28.7 Å². The van der Waals surface area contributed by atoms with E-state index in [9.17, 15) is 9.59 Å². The third-order valence-electron chi connectivity index (χ3n) is 8.34. The van der Waals surface area contributed by atoms with Crippen molar-refractivity contribution in [3.8, 4) is 11.5 Å². The summed E-state index contributed by atoms with van der Waals surface area (Å²) >= 11 is 0. The molecule has 8 heteroatoms. The van der Waals surface area contributed by atoms with Gasteiger partial charge in [0.2, 0.25) is 12.7 Å². The van der Waals surface area contributed by atoms with Crippen LogP contribution in [-0.4, -0.2) is 39.7 Å². The Kier molecular flexibility index (Phi) is 5.09. The van der Waals surface area contributed by atoms with Gasteiger partial charge in [-0.25, -0.2) is 0 Å². The van der Waals surface area contributed by atoms with Crippen LogP contribution in [0.25, 0.3) is 11.1 Å². The molecule has 0 bridgehead atoms. The first kappa shape index (κ1) is 22.1. The molecule has 1 saturated carbocycles. The molecule has 1 aliphatic carbocycles. The molecule has 6 rings (SSSR count). The van der Waals surface area contributed by atoms with Crippen LogP contribution in [0.5, 0.6) is 11.5 Å². The number of furan rings is 1. The summed E-state index contributed by atoms with van der Waals surface area (Å²) in [4.78, 5) is 29.6. The number of ether oxygens (including phenoxy) is 2. The van der Waals surface area contributed by atoms with Gasteiger partial charge in [0.15, 0.2) is 17.1 Å². The van der Waals surface area contributed by atoms with Crippen LogP contribution in [0, 0.1) is 11.8 Å². The Morgan fingerprint density at radius 3 is 2.83 bits per heavy atom. The average molecular weight is 478 g/mol. The van der Waals surface area contributed by atoms with Crippen LogP contribution in [0.15, 0.2) is 41.0 Å². The zero-order chi connectivity index (χ0) is 24.3. The fourth-order valence-corrected chi connectivity index (χ4v) is 5.85. The number of nitrogens with zero attached hydrogens (tertiary/aromatic N) is 2. The largest absolute Gasteiger partial charge is 0.463 e. The van der Waals surface area contributed by atoms with Gasteiger partial charge in [0.05, 0.1) is 18.3 Å². The molecule has 0 saturated heterocycles. The van der Waals surface area contributed by atoms with Gasteiger partial charge in [-0.3, -0.25) is 9.59 Å².